The van der Waals surface area contributed by atoms with Crippen molar-refractivity contribution in [2.45, 2.75) is 26.8 Å². The molecule has 1 fully saturated rings. The molecule has 0 radical (unpaired) electrons. The Morgan fingerprint density at radius 2 is 1.68 bits per heavy atom. The van der Waals surface area contributed by atoms with E-state index in [1.54, 1.807) is 31.6 Å². The summed E-state index contributed by atoms with van der Waals surface area (Å²) in [5.74, 6) is -2.10. The fourth-order valence-electron chi connectivity index (χ4n) is 4.43. The molecule has 10 heteroatoms. The van der Waals surface area contributed by atoms with E-state index in [0.717, 1.165) is 11.0 Å². The first-order chi connectivity index (χ1) is 17.5. The van der Waals surface area contributed by atoms with Crippen LogP contribution in [0.3, 0.4) is 0 Å². The largest absolute Gasteiger partial charge is 0.454 e. The predicted molar refractivity (Wildman–Crippen MR) is 135 cm³/mol. The topological polar surface area (TPSA) is 96.4 Å². The van der Waals surface area contributed by atoms with Gasteiger partial charge in [-0.05, 0) is 41.8 Å². The third-order valence-corrected chi connectivity index (χ3v) is 6.32. The lowest BCUT2D eigenvalue weighted by atomic mass is 9.87. The van der Waals surface area contributed by atoms with E-state index >= 15 is 0 Å². The van der Waals surface area contributed by atoms with Gasteiger partial charge in [0.05, 0.1) is 5.69 Å². The van der Waals surface area contributed by atoms with Crippen LogP contribution >= 0.6 is 0 Å². The summed E-state index contributed by atoms with van der Waals surface area (Å²) in [7, 11) is 1.58. The number of urea groups is 1. The molecule has 0 aliphatic carbocycles. The number of carbonyl (C=O) groups is 2. The normalized spacial score (nSPS) is 15.9. The number of fused-ring (bicyclic) bond motifs is 1. The minimum absolute atomic E-state index is 0.176. The van der Waals surface area contributed by atoms with Crippen molar-refractivity contribution in [2.75, 3.05) is 4.90 Å². The van der Waals surface area contributed by atoms with Crippen LogP contribution < -0.4 is 20.5 Å². The lowest BCUT2D eigenvalue weighted by Crippen LogP contribution is -2.41. The lowest BCUT2D eigenvalue weighted by Gasteiger charge is -2.24. The Hall–Kier alpha value is -4.47. The molecular formula is C27H24F2N4O4. The second-order valence-electron chi connectivity index (χ2n) is 10.0. The van der Waals surface area contributed by atoms with Crippen molar-refractivity contribution >= 4 is 28.5 Å². The third kappa shape index (κ3) is 4.14. The van der Waals surface area contributed by atoms with Crippen molar-refractivity contribution in [3.8, 4) is 22.6 Å². The van der Waals surface area contributed by atoms with Crippen LogP contribution in [-0.4, -0.2) is 27.5 Å². The molecule has 5 rings (SSSR count). The number of hydrogen-bond acceptors (Lipinski definition) is 4. The summed E-state index contributed by atoms with van der Waals surface area (Å²) in [6.07, 6.45) is 3.21. The number of aromatic nitrogens is 2. The SMILES string of the molecule is Cn1cc(-c2cc(N3C(=O)N[C@@H](C(C)(C)C)C3=O)ccc2Oc2ccc(F)cc2F)c2cc[nH]c2c1=O. The second-order valence-corrected chi connectivity index (χ2v) is 10.0. The maximum atomic E-state index is 14.5. The van der Waals surface area contributed by atoms with Crippen molar-refractivity contribution < 1.29 is 23.1 Å². The summed E-state index contributed by atoms with van der Waals surface area (Å²) in [5, 5.41) is 3.30. The van der Waals surface area contributed by atoms with E-state index in [4.69, 9.17) is 4.74 Å². The van der Waals surface area contributed by atoms with Crippen LogP contribution in [0, 0.1) is 17.0 Å². The van der Waals surface area contributed by atoms with Crippen LogP contribution in [0.2, 0.25) is 0 Å². The highest BCUT2D eigenvalue weighted by atomic mass is 19.1. The van der Waals surface area contributed by atoms with E-state index in [9.17, 15) is 23.2 Å². The number of hydrogen-bond donors (Lipinski definition) is 2. The molecule has 2 aromatic heterocycles. The van der Waals surface area contributed by atoms with Gasteiger partial charge in [0, 0.05) is 42.0 Å². The van der Waals surface area contributed by atoms with Crippen molar-refractivity contribution in [3.63, 3.8) is 0 Å². The van der Waals surface area contributed by atoms with Crippen LogP contribution in [0.4, 0.5) is 19.3 Å². The summed E-state index contributed by atoms with van der Waals surface area (Å²) in [6, 6.07) is 7.96. The van der Waals surface area contributed by atoms with Gasteiger partial charge in [0.15, 0.2) is 11.6 Å². The summed E-state index contributed by atoms with van der Waals surface area (Å²) < 4.78 is 35.1. The van der Waals surface area contributed by atoms with Gasteiger partial charge >= 0.3 is 6.03 Å². The Bertz CT molecular complexity index is 1630. The lowest BCUT2D eigenvalue weighted by molar-refractivity contribution is -0.120. The van der Waals surface area contributed by atoms with E-state index < -0.39 is 35.0 Å². The van der Waals surface area contributed by atoms with Crippen molar-refractivity contribution in [3.05, 3.63) is 76.8 Å². The number of carbonyl (C=O) groups excluding carboxylic acids is 2. The van der Waals surface area contributed by atoms with E-state index in [0.29, 0.717) is 28.1 Å². The average molecular weight is 507 g/mol. The number of aromatic amines is 1. The van der Waals surface area contributed by atoms with E-state index in [1.807, 2.05) is 20.8 Å². The minimum Gasteiger partial charge on any atom is -0.454 e. The molecule has 1 aliphatic rings. The summed E-state index contributed by atoms with van der Waals surface area (Å²) in [5.41, 5.74) is 0.774. The van der Waals surface area contributed by atoms with Gasteiger partial charge in [0.25, 0.3) is 11.5 Å². The zero-order chi connectivity index (χ0) is 26.6. The van der Waals surface area contributed by atoms with Gasteiger partial charge < -0.3 is 19.6 Å². The molecule has 1 aliphatic heterocycles. The van der Waals surface area contributed by atoms with Crippen molar-refractivity contribution in [2.24, 2.45) is 12.5 Å². The van der Waals surface area contributed by atoms with Gasteiger partial charge in [-0.2, -0.15) is 0 Å². The van der Waals surface area contributed by atoms with Crippen LogP contribution in [-0.2, 0) is 11.8 Å². The molecule has 3 amide bonds. The van der Waals surface area contributed by atoms with Gasteiger partial charge in [-0.1, -0.05) is 20.8 Å². The smallest absolute Gasteiger partial charge is 0.329 e. The van der Waals surface area contributed by atoms with Gasteiger partial charge in [-0.15, -0.1) is 0 Å². The summed E-state index contributed by atoms with van der Waals surface area (Å²) >= 11 is 0. The highest BCUT2D eigenvalue weighted by Crippen LogP contribution is 2.40. The van der Waals surface area contributed by atoms with Gasteiger partial charge in [-0.3, -0.25) is 9.59 Å². The number of halogens is 2. The molecule has 0 unspecified atom stereocenters. The standard InChI is InChI=1S/C27H24F2N4O4/c1-27(2,3)23-25(35)33(26(36)31-23)15-6-8-20(37-21-7-5-14(28)11-19(21)29)17(12-15)18-13-32(4)24(34)22-16(18)9-10-30-22/h5-13,23,30H,1-4H3,(H,31,36)/t23-/m1/s1. The number of nitrogens with zero attached hydrogens (tertiary/aromatic N) is 2. The Labute approximate surface area is 210 Å². The Morgan fingerprint density at radius 3 is 2.35 bits per heavy atom. The van der Waals surface area contributed by atoms with E-state index in [1.165, 1.54) is 22.8 Å². The number of imide groups is 1. The van der Waals surface area contributed by atoms with Crippen molar-refractivity contribution in [1.82, 2.24) is 14.9 Å². The number of amides is 3. The first kappa shape index (κ1) is 24.2. The number of aryl methyl sites for hydroxylation is 1. The number of ether oxygens (including phenoxy) is 1. The molecule has 8 nitrogen and oxygen atoms in total. The summed E-state index contributed by atoms with van der Waals surface area (Å²) in [4.78, 5) is 42.7. The van der Waals surface area contributed by atoms with Crippen LogP contribution in [0.5, 0.6) is 11.5 Å². The number of rotatable bonds is 4. The fraction of sp³-hybridized carbons (Fsp3) is 0.222. The number of benzene rings is 2. The highest BCUT2D eigenvalue weighted by Gasteiger charge is 2.45. The molecule has 3 heterocycles. The Balaban J connectivity index is 1.70. The zero-order valence-corrected chi connectivity index (χ0v) is 20.6. The Morgan fingerprint density at radius 1 is 0.946 bits per heavy atom. The first-order valence-electron chi connectivity index (χ1n) is 11.5. The minimum atomic E-state index is -0.899. The van der Waals surface area contributed by atoms with Crippen LogP contribution in [0.1, 0.15) is 20.8 Å². The quantitative estimate of drug-likeness (QED) is 0.378. The molecule has 2 N–H and O–H groups in total. The molecule has 37 heavy (non-hydrogen) atoms. The van der Waals surface area contributed by atoms with Crippen LogP contribution in [0.15, 0.2) is 59.7 Å². The average Bonchev–Trinajstić information content (AvgIpc) is 3.43. The molecule has 0 spiro atoms. The van der Waals surface area contributed by atoms with Gasteiger partial charge in [0.1, 0.15) is 23.1 Å². The van der Waals surface area contributed by atoms with Crippen molar-refractivity contribution in [1.29, 1.82) is 0 Å². The number of H-pyrrole nitrogens is 1. The molecular weight excluding hydrogens is 482 g/mol. The predicted octanol–water partition coefficient (Wildman–Crippen LogP) is 5.08. The molecule has 0 bridgehead atoms. The van der Waals surface area contributed by atoms with Crippen LogP contribution in [0.25, 0.3) is 22.0 Å². The van der Waals surface area contributed by atoms with Gasteiger partial charge in [-0.25, -0.2) is 18.5 Å². The number of anilines is 1. The molecule has 4 aromatic rings. The van der Waals surface area contributed by atoms with E-state index in [2.05, 4.69) is 10.3 Å². The fourth-order valence-corrected chi connectivity index (χ4v) is 4.43. The Kier molecular flexibility index (Phi) is 5.62. The van der Waals surface area contributed by atoms with Gasteiger partial charge in [0.2, 0.25) is 0 Å². The highest BCUT2D eigenvalue weighted by molar-refractivity contribution is 6.22. The summed E-state index contributed by atoms with van der Waals surface area (Å²) in [6.45, 7) is 5.56. The molecule has 2 aromatic carbocycles. The maximum Gasteiger partial charge on any atom is 0.329 e. The molecule has 190 valence electrons. The maximum absolute atomic E-state index is 14.5. The first-order valence-corrected chi connectivity index (χ1v) is 11.5. The zero-order valence-electron chi connectivity index (χ0n) is 20.6. The molecule has 1 atom stereocenters. The monoisotopic (exact) mass is 506 g/mol. The molecule has 1 saturated heterocycles. The number of pyridine rings is 1. The second kappa shape index (κ2) is 8.58. The van der Waals surface area contributed by atoms with E-state index in [-0.39, 0.29) is 22.7 Å². The number of nitrogens with one attached hydrogen (secondary N) is 2. The third-order valence-electron chi connectivity index (χ3n) is 6.32. The molecule has 0 saturated carbocycles.